The monoisotopic (exact) mass is 433 g/mol. The van der Waals surface area contributed by atoms with Crippen LogP contribution in [-0.2, 0) is 21.4 Å². The highest BCUT2D eigenvalue weighted by atomic mass is 32.2. The summed E-state index contributed by atoms with van der Waals surface area (Å²) in [5.41, 5.74) is 3.23. The molecule has 2 N–H and O–H groups in total. The summed E-state index contributed by atoms with van der Waals surface area (Å²) < 4.78 is 37.6. The van der Waals surface area contributed by atoms with Gasteiger partial charge in [0.15, 0.2) is 0 Å². The molecule has 0 bridgehead atoms. The van der Waals surface area contributed by atoms with Crippen molar-refractivity contribution in [2.75, 3.05) is 18.2 Å². The van der Waals surface area contributed by atoms with Crippen molar-refractivity contribution in [1.29, 1.82) is 0 Å². The zero-order chi connectivity index (χ0) is 21.9. The summed E-state index contributed by atoms with van der Waals surface area (Å²) in [7, 11) is -3.33. The molecule has 162 valence electrons. The van der Waals surface area contributed by atoms with Gasteiger partial charge in [-0.15, -0.1) is 0 Å². The van der Waals surface area contributed by atoms with E-state index in [1.54, 1.807) is 18.5 Å². The highest BCUT2D eigenvalue weighted by molar-refractivity contribution is 7.88. The fourth-order valence-corrected chi connectivity index (χ4v) is 4.28. The Balaban J connectivity index is 1.81. The maximum absolute atomic E-state index is 11.6. The lowest BCUT2D eigenvalue weighted by atomic mass is 9.97. The van der Waals surface area contributed by atoms with Crippen molar-refractivity contribution in [2.45, 2.75) is 39.8 Å². The van der Waals surface area contributed by atoms with Crippen molar-refractivity contribution < 1.29 is 22.7 Å². The van der Waals surface area contributed by atoms with E-state index >= 15 is 0 Å². The minimum Gasteiger partial charge on any atom is -0.492 e. The molecule has 8 nitrogen and oxygen atoms in total. The van der Waals surface area contributed by atoms with E-state index in [1.807, 2.05) is 26.0 Å². The quantitative estimate of drug-likeness (QED) is 0.663. The number of carbonyl (C=O) groups is 1. The van der Waals surface area contributed by atoms with Crippen molar-refractivity contribution in [3.8, 4) is 22.6 Å². The molecule has 0 fully saturated rings. The molecular weight excluding hydrogens is 406 g/mol. The standard InChI is InChI=1S/C21H27N3O5S/c1-13(2)7-16(24-30(4,26)27)12-28-17-5-6-18-20(8-17)29-11-15-9-22-10-19(21(15)18)23-14(3)25/h5-6,8-10,13,16,24H,7,11-12H2,1-4H3,(H,23,25). The Labute approximate surface area is 177 Å². The molecule has 1 unspecified atom stereocenters. The molecule has 0 saturated carbocycles. The number of nitrogens with one attached hydrogen (secondary N) is 2. The normalized spacial score (nSPS) is 13.8. The topological polar surface area (TPSA) is 107 Å². The molecule has 0 spiro atoms. The number of rotatable bonds is 8. The predicted molar refractivity (Wildman–Crippen MR) is 115 cm³/mol. The molecule has 1 atom stereocenters. The van der Waals surface area contributed by atoms with Crippen LogP contribution in [0.2, 0.25) is 0 Å². The lowest BCUT2D eigenvalue weighted by Crippen LogP contribution is -2.39. The van der Waals surface area contributed by atoms with E-state index < -0.39 is 10.0 Å². The van der Waals surface area contributed by atoms with Crippen molar-refractivity contribution in [1.82, 2.24) is 9.71 Å². The largest absolute Gasteiger partial charge is 0.492 e. The van der Waals surface area contributed by atoms with Crippen molar-refractivity contribution >= 4 is 21.6 Å². The highest BCUT2D eigenvalue weighted by Crippen LogP contribution is 2.43. The molecule has 0 aliphatic carbocycles. The van der Waals surface area contributed by atoms with Crippen molar-refractivity contribution in [3.05, 3.63) is 36.2 Å². The van der Waals surface area contributed by atoms with Gasteiger partial charge < -0.3 is 14.8 Å². The maximum atomic E-state index is 11.6. The second kappa shape index (κ2) is 9.01. The Kier molecular flexibility index (Phi) is 6.62. The second-order valence-electron chi connectivity index (χ2n) is 7.88. The first-order chi connectivity index (χ1) is 14.1. The van der Waals surface area contributed by atoms with E-state index in [9.17, 15) is 13.2 Å². The Morgan fingerprint density at radius 1 is 1.30 bits per heavy atom. The molecule has 0 saturated heterocycles. The van der Waals surface area contributed by atoms with Gasteiger partial charge in [0.05, 0.1) is 24.2 Å². The predicted octanol–water partition coefficient (Wildman–Crippen LogP) is 2.94. The summed E-state index contributed by atoms with van der Waals surface area (Å²) >= 11 is 0. The van der Waals surface area contributed by atoms with Crippen LogP contribution in [0.3, 0.4) is 0 Å². The number of hydrogen-bond acceptors (Lipinski definition) is 6. The third kappa shape index (κ3) is 5.70. The average Bonchev–Trinajstić information content (AvgIpc) is 2.63. The fourth-order valence-electron chi connectivity index (χ4n) is 3.51. The van der Waals surface area contributed by atoms with Crippen LogP contribution >= 0.6 is 0 Å². The van der Waals surface area contributed by atoms with Gasteiger partial charge in [-0.25, -0.2) is 13.1 Å². The van der Waals surface area contributed by atoms with Crippen LogP contribution in [0.15, 0.2) is 30.6 Å². The zero-order valence-electron chi connectivity index (χ0n) is 17.6. The first-order valence-corrected chi connectivity index (χ1v) is 11.6. The van der Waals surface area contributed by atoms with Crippen LogP contribution in [0.4, 0.5) is 5.69 Å². The number of carbonyl (C=O) groups excluding carboxylic acids is 1. The Bertz CT molecular complexity index is 1040. The van der Waals surface area contributed by atoms with Gasteiger partial charge in [-0.2, -0.15) is 0 Å². The average molecular weight is 434 g/mol. The number of fused-ring (bicyclic) bond motifs is 3. The van der Waals surface area contributed by atoms with Crippen LogP contribution in [0.5, 0.6) is 11.5 Å². The Morgan fingerprint density at radius 3 is 2.73 bits per heavy atom. The lowest BCUT2D eigenvalue weighted by molar-refractivity contribution is -0.114. The third-order valence-corrected chi connectivity index (χ3v) is 5.29. The molecule has 9 heteroatoms. The van der Waals surface area contributed by atoms with E-state index in [0.29, 0.717) is 36.1 Å². The summed E-state index contributed by atoms with van der Waals surface area (Å²) in [6.07, 6.45) is 5.15. The molecule has 2 aromatic rings. The van der Waals surface area contributed by atoms with Gasteiger partial charge in [0.25, 0.3) is 0 Å². The SMILES string of the molecule is CC(=O)Nc1cncc2c1-c1ccc(OCC(CC(C)C)NS(C)(=O)=O)cc1OC2. The van der Waals surface area contributed by atoms with Gasteiger partial charge in [-0.1, -0.05) is 13.8 Å². The van der Waals surface area contributed by atoms with E-state index in [2.05, 4.69) is 15.0 Å². The molecule has 0 radical (unpaired) electrons. The van der Waals surface area contributed by atoms with Gasteiger partial charge in [0.2, 0.25) is 15.9 Å². The van der Waals surface area contributed by atoms with Crippen LogP contribution in [-0.4, -0.2) is 38.2 Å². The molecule has 30 heavy (non-hydrogen) atoms. The number of aromatic nitrogens is 1. The number of ether oxygens (including phenoxy) is 2. The summed E-state index contributed by atoms with van der Waals surface area (Å²) in [6, 6.07) is 5.14. The molecular formula is C21H27N3O5S. The Hall–Kier alpha value is -2.65. The fraction of sp³-hybridized carbons (Fsp3) is 0.429. The molecule has 1 aromatic heterocycles. The van der Waals surface area contributed by atoms with Gasteiger partial charge in [0, 0.05) is 35.9 Å². The van der Waals surface area contributed by atoms with E-state index in [1.165, 1.54) is 6.92 Å². The number of benzene rings is 1. The summed E-state index contributed by atoms with van der Waals surface area (Å²) in [4.78, 5) is 15.7. The van der Waals surface area contributed by atoms with Gasteiger partial charge in [0.1, 0.15) is 24.7 Å². The van der Waals surface area contributed by atoms with E-state index in [4.69, 9.17) is 9.47 Å². The first-order valence-electron chi connectivity index (χ1n) is 9.74. The number of nitrogens with zero attached hydrogens (tertiary/aromatic N) is 1. The number of pyridine rings is 1. The molecule has 1 aliphatic heterocycles. The van der Waals surface area contributed by atoms with Crippen LogP contribution in [0.1, 0.15) is 32.8 Å². The third-order valence-electron chi connectivity index (χ3n) is 4.53. The highest BCUT2D eigenvalue weighted by Gasteiger charge is 2.23. The van der Waals surface area contributed by atoms with Crippen LogP contribution in [0.25, 0.3) is 11.1 Å². The maximum Gasteiger partial charge on any atom is 0.221 e. The van der Waals surface area contributed by atoms with Crippen LogP contribution in [0, 0.1) is 5.92 Å². The number of hydrogen-bond donors (Lipinski definition) is 2. The Morgan fingerprint density at radius 2 is 2.07 bits per heavy atom. The summed E-state index contributed by atoms with van der Waals surface area (Å²) in [5.74, 6) is 1.36. The molecule has 3 rings (SSSR count). The van der Waals surface area contributed by atoms with Gasteiger partial charge in [-0.3, -0.25) is 9.78 Å². The zero-order valence-corrected chi connectivity index (χ0v) is 18.4. The van der Waals surface area contributed by atoms with Crippen molar-refractivity contribution in [3.63, 3.8) is 0 Å². The van der Waals surface area contributed by atoms with Gasteiger partial charge >= 0.3 is 0 Å². The number of amides is 1. The summed E-state index contributed by atoms with van der Waals surface area (Å²) in [5, 5.41) is 2.81. The smallest absolute Gasteiger partial charge is 0.221 e. The van der Waals surface area contributed by atoms with E-state index in [0.717, 1.165) is 22.9 Å². The molecule has 1 aliphatic rings. The molecule has 1 aromatic carbocycles. The second-order valence-corrected chi connectivity index (χ2v) is 9.66. The van der Waals surface area contributed by atoms with Crippen molar-refractivity contribution in [2.24, 2.45) is 5.92 Å². The number of sulfonamides is 1. The summed E-state index contributed by atoms with van der Waals surface area (Å²) in [6.45, 7) is 6.06. The first kappa shape index (κ1) is 22.0. The number of anilines is 1. The van der Waals surface area contributed by atoms with Gasteiger partial charge in [-0.05, 0) is 24.5 Å². The minimum absolute atomic E-state index is 0.173. The van der Waals surface area contributed by atoms with Crippen LogP contribution < -0.4 is 19.5 Å². The van der Waals surface area contributed by atoms with E-state index in [-0.39, 0.29) is 18.6 Å². The minimum atomic E-state index is -3.33. The lowest BCUT2D eigenvalue weighted by Gasteiger charge is -2.24. The molecule has 1 amide bonds. The molecule has 2 heterocycles.